The van der Waals surface area contributed by atoms with Crippen molar-refractivity contribution >= 4 is 23.0 Å². The molecule has 1 aliphatic rings. The number of ether oxygens (including phenoxy) is 3. The van der Waals surface area contributed by atoms with Crippen molar-refractivity contribution in [1.29, 1.82) is 0 Å². The molecule has 0 saturated carbocycles. The molecular formula is C28H39N5O4. The summed E-state index contributed by atoms with van der Waals surface area (Å²) in [5.41, 5.74) is 10.7. The van der Waals surface area contributed by atoms with Crippen LogP contribution >= 0.6 is 0 Å². The van der Waals surface area contributed by atoms with Gasteiger partial charge >= 0.3 is 5.97 Å². The lowest BCUT2D eigenvalue weighted by molar-refractivity contribution is -0.143. The predicted molar refractivity (Wildman–Crippen MR) is 144 cm³/mol. The monoisotopic (exact) mass is 509 g/mol. The fourth-order valence-corrected chi connectivity index (χ4v) is 4.77. The Hall–Kier alpha value is -3.17. The zero-order valence-corrected chi connectivity index (χ0v) is 22.1. The number of hydrogen-bond donors (Lipinski definition) is 1. The van der Waals surface area contributed by atoms with E-state index in [1.165, 1.54) is 19.3 Å². The molecule has 1 fully saturated rings. The summed E-state index contributed by atoms with van der Waals surface area (Å²) in [7, 11) is 1.65. The van der Waals surface area contributed by atoms with Crippen molar-refractivity contribution in [3.8, 4) is 5.75 Å². The first-order valence-electron chi connectivity index (χ1n) is 13.3. The number of hydrogen-bond acceptors (Lipinski definition) is 8. The Labute approximate surface area is 218 Å². The second-order valence-corrected chi connectivity index (χ2v) is 9.51. The summed E-state index contributed by atoms with van der Waals surface area (Å²) in [5, 5.41) is 0. The highest BCUT2D eigenvalue weighted by Crippen LogP contribution is 2.26. The minimum Gasteiger partial charge on any atom is -0.496 e. The summed E-state index contributed by atoms with van der Waals surface area (Å²) >= 11 is 0. The first-order valence-corrected chi connectivity index (χ1v) is 13.3. The maximum absolute atomic E-state index is 12.4. The van der Waals surface area contributed by atoms with Gasteiger partial charge in [-0.15, -0.1) is 0 Å². The Morgan fingerprint density at radius 1 is 1.14 bits per heavy atom. The largest absolute Gasteiger partial charge is 0.496 e. The molecule has 0 amide bonds. The Kier molecular flexibility index (Phi) is 9.73. The number of unbranched alkanes of at least 4 members (excludes halogenated alkanes) is 3. The SMILES string of the molecule is CCCCCCc1nc(N)nc2ccn(Cc3ccc(CC(=O)OCCN4CCOCC4)cc3OC)c12. The molecule has 0 spiro atoms. The van der Waals surface area contributed by atoms with Crippen LogP contribution in [0.25, 0.3) is 11.0 Å². The maximum Gasteiger partial charge on any atom is 0.310 e. The highest BCUT2D eigenvalue weighted by Gasteiger charge is 2.15. The Balaban J connectivity index is 1.41. The van der Waals surface area contributed by atoms with Gasteiger partial charge in [0.1, 0.15) is 12.4 Å². The third kappa shape index (κ3) is 7.42. The summed E-state index contributed by atoms with van der Waals surface area (Å²) in [4.78, 5) is 23.7. The van der Waals surface area contributed by atoms with E-state index in [1.54, 1.807) is 7.11 Å². The zero-order chi connectivity index (χ0) is 26.0. The van der Waals surface area contributed by atoms with Gasteiger partial charge in [-0.3, -0.25) is 9.69 Å². The molecule has 200 valence electrons. The number of aryl methyl sites for hydroxylation is 1. The number of nitrogens with zero attached hydrogens (tertiary/aromatic N) is 4. The van der Waals surface area contributed by atoms with Crippen LogP contribution in [0.1, 0.15) is 49.4 Å². The molecule has 3 aromatic rings. The maximum atomic E-state index is 12.4. The fraction of sp³-hybridized carbons (Fsp3) is 0.536. The summed E-state index contributed by atoms with van der Waals surface area (Å²) in [6.45, 7) is 7.17. The molecule has 0 unspecified atom stereocenters. The first kappa shape index (κ1) is 26.9. The van der Waals surface area contributed by atoms with E-state index in [0.717, 1.165) is 79.3 Å². The van der Waals surface area contributed by atoms with E-state index >= 15 is 0 Å². The van der Waals surface area contributed by atoms with Crippen LogP contribution in [0.3, 0.4) is 0 Å². The molecule has 0 aliphatic carbocycles. The van der Waals surface area contributed by atoms with Crippen molar-refractivity contribution in [3.05, 3.63) is 47.3 Å². The van der Waals surface area contributed by atoms with Gasteiger partial charge in [-0.05, 0) is 30.5 Å². The number of carbonyl (C=O) groups excluding carboxylic acids is 1. The minimum absolute atomic E-state index is 0.210. The standard InChI is InChI=1S/C28H39N5O4/c1-3-4-5-6-7-23-27-24(31-28(29)30-23)10-11-33(27)20-22-9-8-21(18-25(22)35-2)19-26(34)37-17-14-32-12-15-36-16-13-32/h8-11,18H,3-7,12-17,19-20H2,1-2H3,(H2,29,30,31). The molecular weight excluding hydrogens is 470 g/mol. The number of carbonyl (C=O) groups is 1. The van der Waals surface area contributed by atoms with E-state index in [9.17, 15) is 4.79 Å². The highest BCUT2D eigenvalue weighted by atomic mass is 16.5. The lowest BCUT2D eigenvalue weighted by Gasteiger charge is -2.26. The van der Waals surface area contributed by atoms with E-state index in [0.29, 0.717) is 19.1 Å². The van der Waals surface area contributed by atoms with Gasteiger partial charge < -0.3 is 24.5 Å². The first-order chi connectivity index (χ1) is 18.1. The van der Waals surface area contributed by atoms with Gasteiger partial charge in [0.25, 0.3) is 0 Å². The molecule has 2 aromatic heterocycles. The number of methoxy groups -OCH3 is 1. The molecule has 0 radical (unpaired) electrons. The Bertz CT molecular complexity index is 1170. The molecule has 1 aromatic carbocycles. The molecule has 9 nitrogen and oxygen atoms in total. The van der Waals surface area contributed by atoms with Crippen LogP contribution in [0, 0.1) is 0 Å². The molecule has 2 N–H and O–H groups in total. The number of nitrogens with two attached hydrogens (primary N) is 1. The second-order valence-electron chi connectivity index (χ2n) is 9.51. The molecule has 37 heavy (non-hydrogen) atoms. The van der Waals surface area contributed by atoms with Crippen molar-refractivity contribution in [1.82, 2.24) is 19.4 Å². The number of aromatic nitrogens is 3. The van der Waals surface area contributed by atoms with Gasteiger partial charge in [-0.2, -0.15) is 0 Å². The van der Waals surface area contributed by atoms with Crippen LogP contribution in [0.5, 0.6) is 5.75 Å². The fourth-order valence-electron chi connectivity index (χ4n) is 4.77. The number of esters is 1. The van der Waals surface area contributed by atoms with Gasteiger partial charge in [-0.25, -0.2) is 9.97 Å². The van der Waals surface area contributed by atoms with Gasteiger partial charge in [0.15, 0.2) is 0 Å². The number of rotatable bonds is 13. The van der Waals surface area contributed by atoms with Crippen LogP contribution in [0.4, 0.5) is 5.95 Å². The van der Waals surface area contributed by atoms with Crippen molar-refractivity contribution < 1.29 is 19.0 Å². The third-order valence-corrected chi connectivity index (χ3v) is 6.78. The minimum atomic E-state index is -0.234. The normalized spacial score (nSPS) is 14.2. The van der Waals surface area contributed by atoms with Crippen molar-refractivity contribution in [2.75, 3.05) is 52.3 Å². The van der Waals surface area contributed by atoms with Crippen molar-refractivity contribution in [2.24, 2.45) is 0 Å². The summed E-state index contributed by atoms with van der Waals surface area (Å²) in [6.07, 6.45) is 7.76. The van der Waals surface area contributed by atoms with E-state index in [2.05, 4.69) is 26.4 Å². The third-order valence-electron chi connectivity index (χ3n) is 6.78. The average molecular weight is 510 g/mol. The lowest BCUT2D eigenvalue weighted by Crippen LogP contribution is -2.38. The lowest BCUT2D eigenvalue weighted by atomic mass is 10.1. The van der Waals surface area contributed by atoms with Crippen molar-refractivity contribution in [2.45, 2.75) is 52.0 Å². The zero-order valence-electron chi connectivity index (χ0n) is 22.1. The van der Waals surface area contributed by atoms with Crippen LogP contribution in [-0.2, 0) is 33.7 Å². The predicted octanol–water partition coefficient (Wildman–Crippen LogP) is 3.61. The molecule has 3 heterocycles. The number of fused-ring (bicyclic) bond motifs is 1. The number of nitrogen functional groups attached to an aromatic ring is 1. The molecule has 0 atom stereocenters. The molecule has 1 saturated heterocycles. The van der Waals surface area contributed by atoms with Gasteiger partial charge in [0.05, 0.1) is 50.0 Å². The average Bonchev–Trinajstić information content (AvgIpc) is 3.30. The molecule has 4 rings (SSSR count). The molecule has 9 heteroatoms. The Morgan fingerprint density at radius 3 is 2.76 bits per heavy atom. The van der Waals surface area contributed by atoms with Gasteiger partial charge in [-0.1, -0.05) is 38.3 Å². The summed E-state index contributed by atoms with van der Waals surface area (Å²) in [5.74, 6) is 0.817. The second kappa shape index (κ2) is 13.4. The highest BCUT2D eigenvalue weighted by molar-refractivity contribution is 5.79. The van der Waals surface area contributed by atoms with Crippen LogP contribution in [0.15, 0.2) is 30.5 Å². The number of benzene rings is 1. The van der Waals surface area contributed by atoms with E-state index in [4.69, 9.17) is 19.9 Å². The number of morpholine rings is 1. The van der Waals surface area contributed by atoms with E-state index < -0.39 is 0 Å². The van der Waals surface area contributed by atoms with Gasteiger partial charge in [0.2, 0.25) is 5.95 Å². The van der Waals surface area contributed by atoms with E-state index in [1.807, 2.05) is 30.5 Å². The quantitative estimate of drug-likeness (QED) is 0.275. The smallest absolute Gasteiger partial charge is 0.310 e. The van der Waals surface area contributed by atoms with Crippen molar-refractivity contribution in [3.63, 3.8) is 0 Å². The summed E-state index contributed by atoms with van der Waals surface area (Å²) < 4.78 is 18.7. The molecule has 1 aliphatic heterocycles. The number of anilines is 1. The molecule has 0 bridgehead atoms. The van der Waals surface area contributed by atoms with Crippen LogP contribution in [-0.4, -0.2) is 72.0 Å². The summed E-state index contributed by atoms with van der Waals surface area (Å²) in [6, 6.07) is 7.88. The van der Waals surface area contributed by atoms with Crippen LogP contribution < -0.4 is 10.5 Å². The topological polar surface area (TPSA) is 105 Å². The van der Waals surface area contributed by atoms with Gasteiger partial charge in [0, 0.05) is 31.4 Å². The Morgan fingerprint density at radius 2 is 1.97 bits per heavy atom. The van der Waals surface area contributed by atoms with E-state index in [-0.39, 0.29) is 12.4 Å². The van der Waals surface area contributed by atoms with Crippen LogP contribution in [0.2, 0.25) is 0 Å².